The molecule has 0 unspecified atom stereocenters. The lowest BCUT2D eigenvalue weighted by Gasteiger charge is -2.30. The largest absolute Gasteiger partial charge is 0.383 e. The summed E-state index contributed by atoms with van der Waals surface area (Å²) in [6.45, 7) is 7.38. The highest BCUT2D eigenvalue weighted by molar-refractivity contribution is 5.98. The van der Waals surface area contributed by atoms with E-state index in [0.29, 0.717) is 17.3 Å². The molecule has 1 aromatic heterocycles. The van der Waals surface area contributed by atoms with Crippen LogP contribution in [0.25, 0.3) is 0 Å². The molecule has 2 N–H and O–H groups in total. The van der Waals surface area contributed by atoms with Gasteiger partial charge in [-0.25, -0.2) is 4.98 Å². The number of hydrogen-bond acceptors (Lipinski definition) is 4. The summed E-state index contributed by atoms with van der Waals surface area (Å²) in [5.74, 6) is 0.903. The summed E-state index contributed by atoms with van der Waals surface area (Å²) >= 11 is 0. The van der Waals surface area contributed by atoms with Gasteiger partial charge in [0.25, 0.3) is 5.91 Å². The molecule has 1 amide bonds. The number of amides is 1. The Hall–Kier alpha value is -1.62. The van der Waals surface area contributed by atoms with Crippen LogP contribution in [-0.2, 0) is 13.0 Å². The molecule has 2 heterocycles. The number of hydrogen-bond donors (Lipinski definition) is 1. The molecule has 1 aromatic rings. The summed E-state index contributed by atoms with van der Waals surface area (Å²) in [6, 6.07) is 1.92. The van der Waals surface area contributed by atoms with Crippen molar-refractivity contribution in [1.29, 1.82) is 0 Å². The van der Waals surface area contributed by atoms with Crippen LogP contribution in [0.4, 0.5) is 5.82 Å². The van der Waals surface area contributed by atoms with Gasteiger partial charge in [0.15, 0.2) is 0 Å². The molecular formula is C15H24N4O. The van der Waals surface area contributed by atoms with Gasteiger partial charge >= 0.3 is 0 Å². The Balaban J connectivity index is 2.27. The van der Waals surface area contributed by atoms with E-state index >= 15 is 0 Å². The normalized spacial score (nSPS) is 15.2. The minimum atomic E-state index is -0.0845. The van der Waals surface area contributed by atoms with Crippen LogP contribution in [0.5, 0.6) is 0 Å². The number of nitrogen functional groups attached to an aromatic ring is 1. The molecule has 0 saturated carbocycles. The first-order valence-corrected chi connectivity index (χ1v) is 7.10. The molecule has 0 radical (unpaired) electrons. The molecule has 1 aliphatic heterocycles. The van der Waals surface area contributed by atoms with Crippen molar-refractivity contribution in [3.8, 4) is 0 Å². The fourth-order valence-electron chi connectivity index (χ4n) is 2.63. The minimum Gasteiger partial charge on any atom is -0.383 e. The van der Waals surface area contributed by atoms with Gasteiger partial charge in [-0.15, -0.1) is 0 Å². The molecule has 0 bridgehead atoms. The summed E-state index contributed by atoms with van der Waals surface area (Å²) in [6.07, 6.45) is 0.905. The third-order valence-electron chi connectivity index (χ3n) is 3.54. The van der Waals surface area contributed by atoms with Crippen LogP contribution in [0.15, 0.2) is 6.07 Å². The van der Waals surface area contributed by atoms with E-state index in [2.05, 4.69) is 23.7 Å². The predicted molar refractivity (Wildman–Crippen MR) is 80.5 cm³/mol. The first-order chi connectivity index (χ1) is 9.38. The van der Waals surface area contributed by atoms with Crippen LogP contribution < -0.4 is 5.73 Å². The molecule has 0 saturated heterocycles. The van der Waals surface area contributed by atoms with Crippen molar-refractivity contribution in [3.05, 3.63) is 22.9 Å². The third kappa shape index (κ3) is 3.10. The second-order valence-corrected chi connectivity index (χ2v) is 6.11. The van der Waals surface area contributed by atoms with Crippen molar-refractivity contribution in [2.75, 3.05) is 32.9 Å². The van der Waals surface area contributed by atoms with Crippen LogP contribution in [-0.4, -0.2) is 47.9 Å². The molecule has 2 rings (SSSR count). The average molecular weight is 276 g/mol. The Labute approximate surface area is 120 Å². The molecule has 0 fully saturated rings. The Bertz CT molecular complexity index is 511. The third-order valence-corrected chi connectivity index (χ3v) is 3.54. The number of fused-ring (bicyclic) bond motifs is 1. The molecule has 20 heavy (non-hydrogen) atoms. The first-order valence-electron chi connectivity index (χ1n) is 7.10. The van der Waals surface area contributed by atoms with Gasteiger partial charge in [-0.2, -0.15) is 0 Å². The smallest absolute Gasteiger partial charge is 0.257 e. The van der Waals surface area contributed by atoms with E-state index in [1.807, 2.05) is 6.07 Å². The van der Waals surface area contributed by atoms with Gasteiger partial charge in [0.05, 0.1) is 5.56 Å². The van der Waals surface area contributed by atoms with Gasteiger partial charge < -0.3 is 10.6 Å². The number of pyridine rings is 1. The van der Waals surface area contributed by atoms with E-state index in [-0.39, 0.29) is 5.91 Å². The van der Waals surface area contributed by atoms with Crippen molar-refractivity contribution >= 4 is 11.7 Å². The molecule has 5 heteroatoms. The topological polar surface area (TPSA) is 62.5 Å². The molecule has 110 valence electrons. The average Bonchev–Trinajstić information content (AvgIpc) is 2.36. The van der Waals surface area contributed by atoms with Crippen LogP contribution >= 0.6 is 0 Å². The number of carbonyl (C=O) groups is 1. The zero-order chi connectivity index (χ0) is 14.9. The number of rotatable bonds is 3. The first kappa shape index (κ1) is 14.8. The number of anilines is 1. The predicted octanol–water partition coefficient (Wildman–Crippen LogP) is 1.38. The highest BCUT2D eigenvalue weighted by atomic mass is 16.2. The quantitative estimate of drug-likeness (QED) is 0.906. The molecule has 0 atom stereocenters. The Morgan fingerprint density at radius 2 is 2.20 bits per heavy atom. The molecule has 0 spiro atoms. The van der Waals surface area contributed by atoms with Gasteiger partial charge in [0.2, 0.25) is 0 Å². The number of carbonyl (C=O) groups excluding carboxylic acids is 1. The Morgan fingerprint density at radius 1 is 1.50 bits per heavy atom. The maximum Gasteiger partial charge on any atom is 0.257 e. The molecule has 0 aromatic carbocycles. The zero-order valence-electron chi connectivity index (χ0n) is 12.8. The zero-order valence-corrected chi connectivity index (χ0v) is 12.8. The summed E-state index contributed by atoms with van der Waals surface area (Å²) < 4.78 is 0. The van der Waals surface area contributed by atoms with Crippen molar-refractivity contribution < 1.29 is 4.79 Å². The lowest BCUT2D eigenvalue weighted by Crippen LogP contribution is -2.34. The maximum absolute atomic E-state index is 12.1. The van der Waals surface area contributed by atoms with Crippen LogP contribution in [0, 0.1) is 5.92 Å². The molecule has 5 nitrogen and oxygen atoms in total. The van der Waals surface area contributed by atoms with Crippen molar-refractivity contribution in [1.82, 2.24) is 14.8 Å². The van der Waals surface area contributed by atoms with Crippen molar-refractivity contribution in [3.63, 3.8) is 0 Å². The van der Waals surface area contributed by atoms with Gasteiger partial charge in [0, 0.05) is 45.8 Å². The van der Waals surface area contributed by atoms with E-state index in [9.17, 15) is 4.79 Å². The van der Waals surface area contributed by atoms with Crippen molar-refractivity contribution in [2.45, 2.75) is 26.8 Å². The lowest BCUT2D eigenvalue weighted by atomic mass is 10.0. The van der Waals surface area contributed by atoms with E-state index < -0.39 is 0 Å². The highest BCUT2D eigenvalue weighted by Crippen LogP contribution is 2.23. The second kappa shape index (κ2) is 5.79. The maximum atomic E-state index is 12.1. The van der Waals surface area contributed by atoms with Crippen molar-refractivity contribution in [2.24, 2.45) is 5.92 Å². The minimum absolute atomic E-state index is 0.0845. The summed E-state index contributed by atoms with van der Waals surface area (Å²) in [5.41, 5.74) is 8.62. The number of nitrogens with zero attached hydrogens (tertiary/aromatic N) is 3. The van der Waals surface area contributed by atoms with E-state index in [4.69, 9.17) is 5.73 Å². The van der Waals surface area contributed by atoms with Gasteiger partial charge in [-0.3, -0.25) is 9.69 Å². The monoisotopic (exact) mass is 276 g/mol. The SMILES string of the molecule is CC(C)CN1CCc2nc(N)c(C(=O)N(C)C)cc2C1. The van der Waals surface area contributed by atoms with E-state index in [1.54, 1.807) is 14.1 Å². The molecular weight excluding hydrogens is 252 g/mol. The van der Waals surface area contributed by atoms with Gasteiger partial charge in [0.1, 0.15) is 5.82 Å². The van der Waals surface area contributed by atoms with Crippen LogP contribution in [0.3, 0.4) is 0 Å². The Morgan fingerprint density at radius 3 is 2.80 bits per heavy atom. The fourth-order valence-corrected chi connectivity index (χ4v) is 2.63. The highest BCUT2D eigenvalue weighted by Gasteiger charge is 2.22. The number of aromatic nitrogens is 1. The Kier molecular flexibility index (Phi) is 4.28. The van der Waals surface area contributed by atoms with Crippen LogP contribution in [0.2, 0.25) is 0 Å². The van der Waals surface area contributed by atoms with E-state index in [0.717, 1.165) is 37.3 Å². The second-order valence-electron chi connectivity index (χ2n) is 6.11. The summed E-state index contributed by atoms with van der Waals surface area (Å²) in [5, 5.41) is 0. The molecule has 1 aliphatic rings. The standard InChI is InChI=1S/C15H24N4O/c1-10(2)8-19-6-5-13-11(9-19)7-12(14(16)17-13)15(20)18(3)4/h7,10H,5-6,8-9H2,1-4H3,(H2,16,17). The molecule has 0 aliphatic carbocycles. The number of nitrogens with two attached hydrogens (primary N) is 1. The van der Waals surface area contributed by atoms with Crippen LogP contribution in [0.1, 0.15) is 35.5 Å². The van der Waals surface area contributed by atoms with Gasteiger partial charge in [-0.05, 0) is 17.5 Å². The summed E-state index contributed by atoms with van der Waals surface area (Å²) in [4.78, 5) is 20.5. The van der Waals surface area contributed by atoms with Gasteiger partial charge in [-0.1, -0.05) is 13.8 Å². The van der Waals surface area contributed by atoms with E-state index in [1.165, 1.54) is 4.90 Å². The fraction of sp³-hybridized carbons (Fsp3) is 0.600. The lowest BCUT2D eigenvalue weighted by molar-refractivity contribution is 0.0828. The summed E-state index contributed by atoms with van der Waals surface area (Å²) in [7, 11) is 3.46.